The topological polar surface area (TPSA) is 12.0 Å². The van der Waals surface area contributed by atoms with E-state index in [9.17, 15) is 0 Å². The zero-order chi connectivity index (χ0) is 10.3. The van der Waals surface area contributed by atoms with Crippen LogP contribution in [0.4, 0.5) is 0 Å². The third-order valence-electron chi connectivity index (χ3n) is 4.00. The van der Waals surface area contributed by atoms with Gasteiger partial charge in [-0.15, -0.1) is 6.42 Å². The maximum absolute atomic E-state index is 5.42. The predicted octanol–water partition coefficient (Wildman–Crippen LogP) is 2.42. The monoisotopic (exact) mass is 179 g/mol. The number of terminal acetylenes is 1. The second kappa shape index (κ2) is 3.03. The van der Waals surface area contributed by atoms with E-state index in [1.165, 1.54) is 0 Å². The maximum Gasteiger partial charge on any atom is 0.0686 e. The van der Waals surface area contributed by atoms with E-state index in [2.05, 4.69) is 45.9 Å². The van der Waals surface area contributed by atoms with Gasteiger partial charge in [-0.05, 0) is 17.3 Å². The molecular weight excluding hydrogens is 158 g/mol. The molecule has 0 aromatic rings. The fourth-order valence-corrected chi connectivity index (χ4v) is 2.10. The quantitative estimate of drug-likeness (QED) is 0.656. The van der Waals surface area contributed by atoms with Gasteiger partial charge in [0.25, 0.3) is 0 Å². The number of nitrogens with one attached hydrogen (secondary N) is 1. The molecule has 1 fully saturated rings. The van der Waals surface area contributed by atoms with Gasteiger partial charge < -0.3 is 0 Å². The van der Waals surface area contributed by atoms with Gasteiger partial charge >= 0.3 is 0 Å². The molecule has 0 aromatic heterocycles. The lowest BCUT2D eigenvalue weighted by molar-refractivity contribution is 0.457. The van der Waals surface area contributed by atoms with Crippen LogP contribution in [-0.4, -0.2) is 12.1 Å². The van der Waals surface area contributed by atoms with Gasteiger partial charge in [0.2, 0.25) is 0 Å². The Labute approximate surface area is 82.3 Å². The van der Waals surface area contributed by atoms with Crippen LogP contribution in [0.25, 0.3) is 0 Å². The van der Waals surface area contributed by atoms with Crippen molar-refractivity contribution in [1.82, 2.24) is 5.32 Å². The Kier molecular flexibility index (Phi) is 2.47. The molecular formula is C12H21N. The lowest BCUT2D eigenvalue weighted by atomic mass is 10.0. The fourth-order valence-electron chi connectivity index (χ4n) is 2.10. The van der Waals surface area contributed by atoms with Gasteiger partial charge in [-0.1, -0.05) is 40.5 Å². The summed E-state index contributed by atoms with van der Waals surface area (Å²) in [5.74, 6) is 2.79. The number of hydrogen-bond donors (Lipinski definition) is 1. The molecule has 13 heavy (non-hydrogen) atoms. The smallest absolute Gasteiger partial charge is 0.0686 e. The second-order valence-corrected chi connectivity index (χ2v) is 5.17. The van der Waals surface area contributed by atoms with Crippen LogP contribution in [0.15, 0.2) is 0 Å². The highest BCUT2D eigenvalue weighted by Gasteiger charge is 2.64. The number of rotatable bonds is 3. The van der Waals surface area contributed by atoms with Crippen LogP contribution in [0.5, 0.6) is 0 Å². The van der Waals surface area contributed by atoms with Crippen LogP contribution in [0.3, 0.4) is 0 Å². The Morgan fingerprint density at radius 3 is 2.00 bits per heavy atom. The van der Waals surface area contributed by atoms with E-state index in [0.717, 1.165) is 6.42 Å². The molecule has 74 valence electrons. The zero-order valence-corrected chi connectivity index (χ0v) is 9.44. The van der Waals surface area contributed by atoms with Crippen molar-refractivity contribution in [2.24, 2.45) is 10.8 Å². The standard InChI is InChI=1S/C12H21N/c1-7-9(8-2)13-10-11(3,4)12(10,5)6/h1,9-10,13H,8H2,2-6H3. The van der Waals surface area contributed by atoms with Crippen LogP contribution in [0, 0.1) is 23.2 Å². The molecule has 0 spiro atoms. The van der Waals surface area contributed by atoms with Crippen molar-refractivity contribution < 1.29 is 0 Å². The highest BCUT2D eigenvalue weighted by Crippen LogP contribution is 2.62. The van der Waals surface area contributed by atoms with Crippen molar-refractivity contribution in [3.8, 4) is 12.3 Å². The average molecular weight is 179 g/mol. The van der Waals surface area contributed by atoms with Gasteiger partial charge in [-0.25, -0.2) is 0 Å². The lowest BCUT2D eigenvalue weighted by Gasteiger charge is -2.11. The molecule has 0 amide bonds. The van der Waals surface area contributed by atoms with E-state index in [4.69, 9.17) is 6.42 Å². The van der Waals surface area contributed by atoms with Gasteiger partial charge in [0.1, 0.15) is 0 Å². The summed E-state index contributed by atoms with van der Waals surface area (Å²) in [4.78, 5) is 0. The molecule has 1 nitrogen and oxygen atoms in total. The van der Waals surface area contributed by atoms with E-state index in [0.29, 0.717) is 16.9 Å². The summed E-state index contributed by atoms with van der Waals surface area (Å²) in [5.41, 5.74) is 0.772. The molecule has 0 radical (unpaired) electrons. The van der Waals surface area contributed by atoms with Gasteiger partial charge in [0.15, 0.2) is 0 Å². The first kappa shape index (κ1) is 10.6. The van der Waals surface area contributed by atoms with Gasteiger partial charge in [-0.2, -0.15) is 0 Å². The highest BCUT2D eigenvalue weighted by atomic mass is 15.1. The number of hydrogen-bond acceptors (Lipinski definition) is 1. The molecule has 0 aliphatic heterocycles. The Morgan fingerprint density at radius 1 is 1.31 bits per heavy atom. The molecule has 1 aliphatic carbocycles. The lowest BCUT2D eigenvalue weighted by Crippen LogP contribution is -2.32. The Morgan fingerprint density at radius 2 is 1.77 bits per heavy atom. The molecule has 1 rings (SSSR count). The van der Waals surface area contributed by atoms with Crippen molar-refractivity contribution in [1.29, 1.82) is 0 Å². The summed E-state index contributed by atoms with van der Waals surface area (Å²) < 4.78 is 0. The van der Waals surface area contributed by atoms with Crippen molar-refractivity contribution in [3.63, 3.8) is 0 Å². The third-order valence-corrected chi connectivity index (χ3v) is 4.00. The second-order valence-electron chi connectivity index (χ2n) is 5.17. The molecule has 1 aliphatic rings. The average Bonchev–Trinajstić information content (AvgIpc) is 2.41. The SMILES string of the molecule is C#CC(CC)NC1C(C)(C)C1(C)C. The molecule has 0 heterocycles. The van der Waals surface area contributed by atoms with E-state index in [-0.39, 0.29) is 6.04 Å². The van der Waals surface area contributed by atoms with Crippen molar-refractivity contribution in [3.05, 3.63) is 0 Å². The third kappa shape index (κ3) is 1.48. The van der Waals surface area contributed by atoms with Crippen LogP contribution < -0.4 is 5.32 Å². The van der Waals surface area contributed by atoms with E-state index >= 15 is 0 Å². The summed E-state index contributed by atoms with van der Waals surface area (Å²) >= 11 is 0. The Bertz CT molecular complexity index is 218. The van der Waals surface area contributed by atoms with Crippen LogP contribution in [0.1, 0.15) is 41.0 Å². The molecule has 1 unspecified atom stereocenters. The first-order chi connectivity index (χ1) is 5.87. The van der Waals surface area contributed by atoms with Gasteiger partial charge in [-0.3, -0.25) is 5.32 Å². The minimum atomic E-state index is 0.242. The minimum Gasteiger partial charge on any atom is -0.300 e. The summed E-state index contributed by atoms with van der Waals surface area (Å²) in [6, 6.07) is 0.812. The predicted molar refractivity (Wildman–Crippen MR) is 57.4 cm³/mol. The molecule has 0 aromatic carbocycles. The molecule has 0 saturated heterocycles. The molecule has 1 N–H and O–H groups in total. The van der Waals surface area contributed by atoms with Gasteiger partial charge in [0, 0.05) is 6.04 Å². The highest BCUT2D eigenvalue weighted by molar-refractivity contribution is 5.19. The zero-order valence-electron chi connectivity index (χ0n) is 9.44. The van der Waals surface area contributed by atoms with Crippen LogP contribution in [-0.2, 0) is 0 Å². The normalized spacial score (nSPS) is 26.5. The van der Waals surface area contributed by atoms with Crippen molar-refractivity contribution in [2.75, 3.05) is 0 Å². The van der Waals surface area contributed by atoms with Crippen LogP contribution >= 0.6 is 0 Å². The Hall–Kier alpha value is -0.480. The summed E-state index contributed by atoms with van der Waals surface area (Å²) in [5, 5.41) is 3.53. The molecule has 1 saturated carbocycles. The van der Waals surface area contributed by atoms with Gasteiger partial charge in [0.05, 0.1) is 6.04 Å². The minimum absolute atomic E-state index is 0.242. The summed E-state index contributed by atoms with van der Waals surface area (Å²) in [6.45, 7) is 11.3. The van der Waals surface area contributed by atoms with Crippen molar-refractivity contribution in [2.45, 2.75) is 53.1 Å². The van der Waals surface area contributed by atoms with Crippen LogP contribution in [0.2, 0.25) is 0 Å². The maximum atomic E-state index is 5.42. The molecule has 0 bridgehead atoms. The first-order valence-electron chi connectivity index (χ1n) is 5.10. The van der Waals surface area contributed by atoms with E-state index in [1.54, 1.807) is 0 Å². The van der Waals surface area contributed by atoms with Crippen molar-refractivity contribution >= 4 is 0 Å². The van der Waals surface area contributed by atoms with E-state index in [1.807, 2.05) is 0 Å². The molecule has 1 atom stereocenters. The summed E-state index contributed by atoms with van der Waals surface area (Å²) in [6.07, 6.45) is 6.44. The first-order valence-corrected chi connectivity index (χ1v) is 5.10. The van der Waals surface area contributed by atoms with E-state index < -0.39 is 0 Å². The Balaban J connectivity index is 2.56. The fraction of sp³-hybridized carbons (Fsp3) is 0.833. The molecule has 1 heteroatoms. The largest absolute Gasteiger partial charge is 0.300 e. The summed E-state index contributed by atoms with van der Waals surface area (Å²) in [7, 11) is 0.